The normalized spacial score (nSPS) is 12.5. The second kappa shape index (κ2) is 8.50. The van der Waals surface area contributed by atoms with E-state index in [0.717, 1.165) is 11.8 Å². The molecule has 0 aliphatic carbocycles. The fourth-order valence-electron chi connectivity index (χ4n) is 1.85. The Labute approximate surface area is 137 Å². The standard InChI is InChI=1S/C15H22N4O3S/c1-12(14-7-5-13(11-16)6-8-14)18-15(20)17-9-4-10-19(2)23(3,21)22/h5-8,12H,4,9-10H2,1-3H3,(H2,17,18,20). The van der Waals surface area contributed by atoms with Crippen molar-refractivity contribution in [3.63, 3.8) is 0 Å². The molecule has 8 heteroatoms. The molecule has 1 rings (SSSR count). The van der Waals surface area contributed by atoms with E-state index in [2.05, 4.69) is 10.6 Å². The fourth-order valence-corrected chi connectivity index (χ4v) is 2.31. The summed E-state index contributed by atoms with van der Waals surface area (Å²) >= 11 is 0. The summed E-state index contributed by atoms with van der Waals surface area (Å²) in [7, 11) is -1.68. The zero-order valence-corrected chi connectivity index (χ0v) is 14.4. The van der Waals surface area contributed by atoms with E-state index in [1.807, 2.05) is 13.0 Å². The molecule has 1 aromatic rings. The van der Waals surface area contributed by atoms with E-state index in [1.54, 1.807) is 24.3 Å². The van der Waals surface area contributed by atoms with E-state index in [1.165, 1.54) is 11.4 Å². The van der Waals surface area contributed by atoms with Crippen molar-refractivity contribution in [2.45, 2.75) is 19.4 Å². The van der Waals surface area contributed by atoms with Crippen LogP contribution in [-0.2, 0) is 10.0 Å². The number of carbonyl (C=O) groups excluding carboxylic acids is 1. The zero-order chi connectivity index (χ0) is 17.5. The largest absolute Gasteiger partial charge is 0.338 e. The van der Waals surface area contributed by atoms with Crippen LogP contribution in [-0.4, -0.2) is 45.1 Å². The first-order chi connectivity index (χ1) is 10.7. The molecule has 1 unspecified atom stereocenters. The quantitative estimate of drug-likeness (QED) is 0.729. The van der Waals surface area contributed by atoms with Crippen LogP contribution >= 0.6 is 0 Å². The van der Waals surface area contributed by atoms with Gasteiger partial charge in [-0.05, 0) is 31.0 Å². The topological polar surface area (TPSA) is 102 Å². The SMILES string of the molecule is CC(NC(=O)NCCCN(C)S(C)(=O)=O)c1ccc(C#N)cc1. The average Bonchev–Trinajstić information content (AvgIpc) is 2.50. The molecule has 0 aliphatic rings. The number of nitrogens with one attached hydrogen (secondary N) is 2. The van der Waals surface area contributed by atoms with E-state index < -0.39 is 10.0 Å². The van der Waals surface area contributed by atoms with Gasteiger partial charge in [-0.3, -0.25) is 0 Å². The van der Waals surface area contributed by atoms with Gasteiger partial charge in [-0.15, -0.1) is 0 Å². The molecule has 0 fully saturated rings. The third-order valence-electron chi connectivity index (χ3n) is 3.39. The maximum atomic E-state index is 11.8. The number of carbonyl (C=O) groups is 1. The molecular weight excluding hydrogens is 316 g/mol. The van der Waals surface area contributed by atoms with Crippen LogP contribution in [0.2, 0.25) is 0 Å². The van der Waals surface area contributed by atoms with Crippen molar-refractivity contribution in [1.29, 1.82) is 5.26 Å². The predicted octanol–water partition coefficient (Wildman–Crippen LogP) is 1.20. The Morgan fingerprint density at radius 1 is 1.35 bits per heavy atom. The summed E-state index contributed by atoms with van der Waals surface area (Å²) in [6.07, 6.45) is 1.68. The van der Waals surface area contributed by atoms with Crippen LogP contribution < -0.4 is 10.6 Å². The minimum absolute atomic E-state index is 0.193. The van der Waals surface area contributed by atoms with Crippen LogP contribution in [0.15, 0.2) is 24.3 Å². The van der Waals surface area contributed by atoms with Gasteiger partial charge in [0.05, 0.1) is 23.9 Å². The van der Waals surface area contributed by atoms with Gasteiger partial charge in [-0.1, -0.05) is 12.1 Å². The van der Waals surface area contributed by atoms with Gasteiger partial charge in [0.2, 0.25) is 10.0 Å². The number of hydrogen-bond donors (Lipinski definition) is 2. The Morgan fingerprint density at radius 3 is 2.48 bits per heavy atom. The molecule has 1 aromatic carbocycles. The molecule has 0 heterocycles. The molecule has 2 N–H and O–H groups in total. The minimum Gasteiger partial charge on any atom is -0.338 e. The molecule has 2 amide bonds. The van der Waals surface area contributed by atoms with Crippen LogP contribution in [0.25, 0.3) is 0 Å². The summed E-state index contributed by atoms with van der Waals surface area (Å²) in [6.45, 7) is 2.58. The van der Waals surface area contributed by atoms with Gasteiger partial charge in [0.25, 0.3) is 0 Å². The Bertz CT molecular complexity index is 665. The molecule has 126 valence electrons. The van der Waals surface area contributed by atoms with E-state index in [0.29, 0.717) is 25.1 Å². The maximum Gasteiger partial charge on any atom is 0.315 e. The number of nitrogens with zero attached hydrogens (tertiary/aromatic N) is 2. The van der Waals surface area contributed by atoms with E-state index in [9.17, 15) is 13.2 Å². The lowest BCUT2D eigenvalue weighted by Crippen LogP contribution is -2.38. The summed E-state index contributed by atoms with van der Waals surface area (Å²) in [6, 6.07) is 8.53. The molecule has 23 heavy (non-hydrogen) atoms. The van der Waals surface area contributed by atoms with Crippen molar-refractivity contribution in [2.75, 3.05) is 26.4 Å². The van der Waals surface area contributed by atoms with Gasteiger partial charge in [0, 0.05) is 20.1 Å². The third-order valence-corrected chi connectivity index (χ3v) is 4.70. The van der Waals surface area contributed by atoms with Gasteiger partial charge in [-0.25, -0.2) is 17.5 Å². The van der Waals surface area contributed by atoms with E-state index in [-0.39, 0.29) is 12.1 Å². The molecule has 0 saturated carbocycles. The number of nitriles is 1. The Morgan fingerprint density at radius 2 is 1.96 bits per heavy atom. The number of sulfonamides is 1. The monoisotopic (exact) mass is 338 g/mol. The molecule has 0 spiro atoms. The number of amides is 2. The van der Waals surface area contributed by atoms with Crippen molar-refractivity contribution in [1.82, 2.24) is 14.9 Å². The first-order valence-corrected chi connectivity index (χ1v) is 9.04. The molecule has 0 radical (unpaired) electrons. The molecule has 0 aromatic heterocycles. The van der Waals surface area contributed by atoms with Crippen LogP contribution in [0.5, 0.6) is 0 Å². The number of urea groups is 1. The first-order valence-electron chi connectivity index (χ1n) is 7.19. The van der Waals surface area contributed by atoms with Gasteiger partial charge < -0.3 is 10.6 Å². The van der Waals surface area contributed by atoms with Crippen molar-refractivity contribution in [2.24, 2.45) is 0 Å². The number of hydrogen-bond acceptors (Lipinski definition) is 4. The first kappa shape index (κ1) is 18.9. The zero-order valence-electron chi connectivity index (χ0n) is 13.5. The Hall–Kier alpha value is -2.11. The number of benzene rings is 1. The molecular formula is C15H22N4O3S. The maximum absolute atomic E-state index is 11.8. The summed E-state index contributed by atoms with van der Waals surface area (Å²) in [4.78, 5) is 11.8. The summed E-state index contributed by atoms with van der Waals surface area (Å²) in [5.41, 5.74) is 1.47. The number of rotatable bonds is 7. The van der Waals surface area contributed by atoms with Crippen LogP contribution in [0.4, 0.5) is 4.79 Å². The Kier molecular flexibility index (Phi) is 7.00. The van der Waals surface area contributed by atoms with Crippen molar-refractivity contribution in [3.05, 3.63) is 35.4 Å². The average molecular weight is 338 g/mol. The second-order valence-corrected chi connectivity index (χ2v) is 7.38. The lowest BCUT2D eigenvalue weighted by atomic mass is 10.1. The Balaban J connectivity index is 2.34. The highest BCUT2D eigenvalue weighted by molar-refractivity contribution is 7.88. The predicted molar refractivity (Wildman–Crippen MR) is 88.2 cm³/mol. The highest BCUT2D eigenvalue weighted by Gasteiger charge is 2.11. The van der Waals surface area contributed by atoms with Crippen molar-refractivity contribution >= 4 is 16.1 Å². The molecule has 0 aliphatic heterocycles. The lowest BCUT2D eigenvalue weighted by Gasteiger charge is -2.16. The van der Waals surface area contributed by atoms with Crippen LogP contribution in [0.3, 0.4) is 0 Å². The smallest absolute Gasteiger partial charge is 0.315 e. The highest BCUT2D eigenvalue weighted by atomic mass is 32.2. The molecule has 1 atom stereocenters. The van der Waals surface area contributed by atoms with Crippen LogP contribution in [0.1, 0.15) is 30.5 Å². The van der Waals surface area contributed by atoms with Gasteiger partial charge in [-0.2, -0.15) is 5.26 Å². The van der Waals surface area contributed by atoms with E-state index in [4.69, 9.17) is 5.26 Å². The summed E-state index contributed by atoms with van der Waals surface area (Å²) in [5.74, 6) is 0. The summed E-state index contributed by atoms with van der Waals surface area (Å²) in [5, 5.41) is 14.2. The molecule has 0 bridgehead atoms. The third kappa shape index (κ3) is 6.67. The van der Waals surface area contributed by atoms with Gasteiger partial charge in [0.1, 0.15) is 0 Å². The van der Waals surface area contributed by atoms with Crippen molar-refractivity contribution < 1.29 is 13.2 Å². The summed E-state index contributed by atoms with van der Waals surface area (Å²) < 4.78 is 23.7. The van der Waals surface area contributed by atoms with E-state index >= 15 is 0 Å². The molecule has 7 nitrogen and oxygen atoms in total. The van der Waals surface area contributed by atoms with Gasteiger partial charge in [0.15, 0.2) is 0 Å². The molecule has 0 saturated heterocycles. The second-order valence-electron chi connectivity index (χ2n) is 5.29. The van der Waals surface area contributed by atoms with Crippen LogP contribution in [0, 0.1) is 11.3 Å². The highest BCUT2D eigenvalue weighted by Crippen LogP contribution is 2.12. The lowest BCUT2D eigenvalue weighted by molar-refractivity contribution is 0.237. The minimum atomic E-state index is -3.18. The van der Waals surface area contributed by atoms with Crippen molar-refractivity contribution in [3.8, 4) is 6.07 Å². The van der Waals surface area contributed by atoms with Gasteiger partial charge >= 0.3 is 6.03 Å². The fraction of sp³-hybridized carbons (Fsp3) is 0.467.